The van der Waals surface area contributed by atoms with Crippen molar-refractivity contribution in [3.8, 4) is 17.0 Å². The van der Waals surface area contributed by atoms with Gasteiger partial charge in [0.05, 0.1) is 13.2 Å². The van der Waals surface area contributed by atoms with Gasteiger partial charge in [-0.05, 0) is 21.6 Å². The molecule has 1 radical (unpaired) electrons. The molecule has 1 aromatic heterocycles. The predicted octanol–water partition coefficient (Wildman–Crippen LogP) is 4.02. The molecular formula is C16H14BrClF2NO3Y-. The fourth-order valence-electron chi connectivity index (χ4n) is 2.06. The molecule has 1 aromatic carbocycles. The second-order valence-electron chi connectivity index (χ2n) is 4.77. The van der Waals surface area contributed by atoms with E-state index in [1.54, 1.807) is 25.3 Å². The van der Waals surface area contributed by atoms with Crippen LogP contribution in [0.4, 0.5) is 8.78 Å². The third-order valence-corrected chi connectivity index (χ3v) is 4.01. The maximum Gasteiger partial charge on any atom is 0.256 e. The Morgan fingerprint density at radius 1 is 1.36 bits per heavy atom. The zero-order valence-electron chi connectivity index (χ0n) is 13.3. The van der Waals surface area contributed by atoms with Crippen molar-refractivity contribution in [2.24, 2.45) is 0 Å². The Labute approximate surface area is 182 Å². The largest absolute Gasteiger partial charge is 0.491 e. The SMILES string of the molecule is COCCOc1ccc(-c2[c-]cc(Br)c(=O)n2CC(F)F)c(Cl)c1.[Y]. The fraction of sp³-hybridized carbons (Fsp3) is 0.312. The van der Waals surface area contributed by atoms with Gasteiger partial charge in [-0.15, -0.1) is 22.0 Å². The average Bonchev–Trinajstić information content (AvgIpc) is 2.53. The van der Waals surface area contributed by atoms with Gasteiger partial charge in [0.2, 0.25) is 5.56 Å². The molecule has 0 atom stereocenters. The third kappa shape index (κ3) is 6.10. The molecule has 2 rings (SSSR count). The summed E-state index contributed by atoms with van der Waals surface area (Å²) in [5.74, 6) is 0.515. The third-order valence-electron chi connectivity index (χ3n) is 3.13. The summed E-state index contributed by atoms with van der Waals surface area (Å²) in [7, 11) is 1.56. The minimum absolute atomic E-state index is 0. The van der Waals surface area contributed by atoms with Crippen LogP contribution in [0.2, 0.25) is 5.02 Å². The van der Waals surface area contributed by atoms with Gasteiger partial charge in [0, 0.05) is 39.8 Å². The van der Waals surface area contributed by atoms with Gasteiger partial charge in [-0.3, -0.25) is 4.79 Å². The molecule has 0 aliphatic carbocycles. The van der Waals surface area contributed by atoms with Crippen molar-refractivity contribution in [1.82, 2.24) is 4.57 Å². The number of methoxy groups -OCH3 is 1. The van der Waals surface area contributed by atoms with E-state index in [4.69, 9.17) is 21.1 Å². The van der Waals surface area contributed by atoms with Crippen LogP contribution in [0, 0.1) is 6.07 Å². The Hall–Kier alpha value is -0.336. The van der Waals surface area contributed by atoms with Crippen molar-refractivity contribution >= 4 is 27.5 Å². The van der Waals surface area contributed by atoms with E-state index >= 15 is 0 Å². The zero-order chi connectivity index (χ0) is 17.7. The number of benzene rings is 1. The summed E-state index contributed by atoms with van der Waals surface area (Å²) in [6, 6.07) is 9.01. The number of pyridine rings is 1. The van der Waals surface area contributed by atoms with E-state index in [1.807, 2.05) is 0 Å². The monoisotopic (exact) mass is 509 g/mol. The molecule has 0 amide bonds. The summed E-state index contributed by atoms with van der Waals surface area (Å²) in [5.41, 5.74) is 0.0403. The number of halogens is 4. The first-order valence-electron chi connectivity index (χ1n) is 6.95. The molecule has 0 saturated carbocycles. The summed E-state index contributed by atoms with van der Waals surface area (Å²) < 4.78 is 37.1. The molecule has 25 heavy (non-hydrogen) atoms. The van der Waals surface area contributed by atoms with Crippen LogP contribution in [-0.2, 0) is 44.0 Å². The Bertz CT molecular complexity index is 774. The molecule has 2 aromatic rings. The first kappa shape index (κ1) is 22.7. The van der Waals surface area contributed by atoms with Gasteiger partial charge in [0.25, 0.3) is 6.43 Å². The van der Waals surface area contributed by atoms with Gasteiger partial charge >= 0.3 is 0 Å². The smallest absolute Gasteiger partial charge is 0.256 e. The quantitative estimate of drug-likeness (QED) is 0.418. The zero-order valence-corrected chi connectivity index (χ0v) is 18.4. The number of nitrogens with zero attached hydrogens (tertiary/aromatic N) is 1. The number of rotatable bonds is 7. The van der Waals surface area contributed by atoms with Crippen LogP contribution in [0.25, 0.3) is 11.3 Å². The Balaban J connectivity index is 0.00000312. The average molecular weight is 511 g/mol. The molecule has 0 unspecified atom stereocenters. The van der Waals surface area contributed by atoms with E-state index in [0.717, 1.165) is 4.57 Å². The number of hydrogen-bond acceptors (Lipinski definition) is 3. The Morgan fingerprint density at radius 2 is 2.08 bits per heavy atom. The van der Waals surface area contributed by atoms with Crippen LogP contribution in [0.3, 0.4) is 0 Å². The first-order valence-corrected chi connectivity index (χ1v) is 8.12. The van der Waals surface area contributed by atoms with E-state index < -0.39 is 18.5 Å². The molecule has 0 aliphatic heterocycles. The molecule has 9 heteroatoms. The van der Waals surface area contributed by atoms with E-state index in [-0.39, 0.29) is 47.9 Å². The van der Waals surface area contributed by atoms with Crippen molar-refractivity contribution in [2.45, 2.75) is 13.0 Å². The maximum atomic E-state index is 12.8. The summed E-state index contributed by atoms with van der Waals surface area (Å²) in [6.07, 6.45) is -2.68. The van der Waals surface area contributed by atoms with Crippen molar-refractivity contribution < 1.29 is 51.0 Å². The molecular weight excluding hydrogens is 496 g/mol. The molecule has 0 saturated heterocycles. The van der Waals surface area contributed by atoms with Gasteiger partial charge in [0.15, 0.2) is 0 Å². The van der Waals surface area contributed by atoms with Crippen LogP contribution in [0.1, 0.15) is 0 Å². The van der Waals surface area contributed by atoms with E-state index in [1.165, 1.54) is 6.07 Å². The number of hydrogen-bond donors (Lipinski definition) is 0. The first-order chi connectivity index (χ1) is 11.4. The molecule has 0 spiro atoms. The molecule has 4 nitrogen and oxygen atoms in total. The summed E-state index contributed by atoms with van der Waals surface area (Å²) in [6.45, 7) is 0.0347. The standard InChI is InChI=1S/C16H14BrClF2NO3.Y/c1-23-6-7-24-10-2-3-11(13(18)8-10)14-5-4-12(17)16(22)21(14)9-15(19)20;/h2-4,8,15H,6-7,9H2,1H3;/q-1;. The van der Waals surface area contributed by atoms with Gasteiger partial charge in [0.1, 0.15) is 12.4 Å². The second-order valence-corrected chi connectivity index (χ2v) is 6.04. The van der Waals surface area contributed by atoms with E-state index in [2.05, 4.69) is 22.0 Å². The van der Waals surface area contributed by atoms with Gasteiger partial charge < -0.3 is 14.0 Å². The van der Waals surface area contributed by atoms with Crippen LogP contribution in [0.15, 0.2) is 33.5 Å². The van der Waals surface area contributed by atoms with Crippen molar-refractivity contribution in [2.75, 3.05) is 20.3 Å². The minimum Gasteiger partial charge on any atom is -0.491 e. The molecule has 0 bridgehead atoms. The Morgan fingerprint density at radius 3 is 2.68 bits per heavy atom. The van der Waals surface area contributed by atoms with Crippen molar-refractivity contribution in [3.63, 3.8) is 0 Å². The molecule has 0 N–H and O–H groups in total. The Kier molecular flexibility index (Phi) is 9.74. The number of alkyl halides is 2. The summed E-state index contributed by atoms with van der Waals surface area (Å²) in [4.78, 5) is 12.1. The predicted molar refractivity (Wildman–Crippen MR) is 91.1 cm³/mol. The van der Waals surface area contributed by atoms with Crippen LogP contribution < -0.4 is 10.3 Å². The topological polar surface area (TPSA) is 40.5 Å². The van der Waals surface area contributed by atoms with E-state index in [0.29, 0.717) is 24.5 Å². The number of ether oxygens (including phenoxy) is 2. The van der Waals surface area contributed by atoms with Crippen molar-refractivity contribution in [1.29, 1.82) is 0 Å². The van der Waals surface area contributed by atoms with Gasteiger partial charge in [-0.2, -0.15) is 12.1 Å². The van der Waals surface area contributed by atoms with E-state index in [9.17, 15) is 13.6 Å². The molecule has 0 fully saturated rings. The molecule has 0 aliphatic rings. The summed E-state index contributed by atoms with van der Waals surface area (Å²) in [5, 5.41) is 0.269. The van der Waals surface area contributed by atoms with Crippen molar-refractivity contribution in [3.05, 3.63) is 50.2 Å². The van der Waals surface area contributed by atoms with Crippen LogP contribution >= 0.6 is 27.5 Å². The molecule has 133 valence electrons. The van der Waals surface area contributed by atoms with Crippen LogP contribution in [-0.4, -0.2) is 31.3 Å². The van der Waals surface area contributed by atoms with Crippen LogP contribution in [0.5, 0.6) is 5.75 Å². The summed E-state index contributed by atoms with van der Waals surface area (Å²) >= 11 is 9.27. The second kappa shape index (κ2) is 10.7. The number of aromatic nitrogens is 1. The minimum atomic E-state index is -2.68. The normalized spacial score (nSPS) is 10.6. The maximum absolute atomic E-state index is 12.8. The fourth-order valence-corrected chi connectivity index (χ4v) is 2.65. The molecule has 1 heterocycles. The van der Waals surface area contributed by atoms with Gasteiger partial charge in [-0.1, -0.05) is 22.9 Å². The van der Waals surface area contributed by atoms with Gasteiger partial charge in [-0.25, -0.2) is 8.78 Å².